The van der Waals surface area contributed by atoms with Gasteiger partial charge in [0.15, 0.2) is 0 Å². The second-order valence-corrected chi connectivity index (χ2v) is 6.83. The van der Waals surface area contributed by atoms with E-state index < -0.39 is 17.7 Å². The predicted molar refractivity (Wildman–Crippen MR) is 104 cm³/mol. The van der Waals surface area contributed by atoms with E-state index in [-0.39, 0.29) is 11.6 Å². The summed E-state index contributed by atoms with van der Waals surface area (Å²) in [6, 6.07) is 12.4. The van der Waals surface area contributed by atoms with Crippen LogP contribution in [-0.2, 0) is 4.79 Å². The maximum atomic E-state index is 13.7. The van der Waals surface area contributed by atoms with E-state index in [4.69, 9.17) is 4.74 Å². The van der Waals surface area contributed by atoms with Gasteiger partial charge in [-0.05, 0) is 31.2 Å². The van der Waals surface area contributed by atoms with Crippen molar-refractivity contribution in [2.45, 2.75) is 13.0 Å². The molecule has 1 aliphatic rings. The van der Waals surface area contributed by atoms with Gasteiger partial charge in [0.25, 0.3) is 0 Å². The molecule has 2 aromatic rings. The first-order chi connectivity index (χ1) is 13.5. The van der Waals surface area contributed by atoms with Crippen molar-refractivity contribution in [3.63, 3.8) is 0 Å². The van der Waals surface area contributed by atoms with Crippen molar-refractivity contribution < 1.29 is 18.3 Å². The molecule has 1 saturated heterocycles. The molecule has 1 N–H and O–H groups in total. The van der Waals surface area contributed by atoms with E-state index in [9.17, 15) is 13.6 Å². The average Bonchev–Trinajstić information content (AvgIpc) is 2.71. The second kappa shape index (κ2) is 9.61. The lowest BCUT2D eigenvalue weighted by Gasteiger charge is -2.37. The lowest BCUT2D eigenvalue weighted by Crippen LogP contribution is -2.53. The zero-order valence-electron chi connectivity index (χ0n) is 15.9. The summed E-state index contributed by atoms with van der Waals surface area (Å²) in [7, 11) is 0. The van der Waals surface area contributed by atoms with Gasteiger partial charge in [0, 0.05) is 38.8 Å². The summed E-state index contributed by atoms with van der Waals surface area (Å²) in [6.07, 6.45) is 0. The fourth-order valence-corrected chi connectivity index (χ4v) is 3.18. The molecular weight excluding hydrogens is 364 g/mol. The van der Waals surface area contributed by atoms with Gasteiger partial charge in [-0.3, -0.25) is 14.6 Å². The minimum absolute atomic E-state index is 0.00468. The smallest absolute Gasteiger partial charge is 0.241 e. The van der Waals surface area contributed by atoms with E-state index in [2.05, 4.69) is 15.1 Å². The van der Waals surface area contributed by atoms with Crippen molar-refractivity contribution in [1.29, 1.82) is 0 Å². The third kappa shape index (κ3) is 5.50. The monoisotopic (exact) mass is 389 g/mol. The van der Waals surface area contributed by atoms with E-state index in [1.165, 1.54) is 6.07 Å². The lowest BCUT2D eigenvalue weighted by molar-refractivity contribution is -0.121. The standard InChI is InChI=1S/C21H25F2N3O2/c1-16(21(27)24-20-8-7-17(22)15-19(20)23)26-11-9-25(10-12-26)13-14-28-18-5-3-2-4-6-18/h2-8,15-16H,9-14H2,1H3,(H,24,27). The number of piperazine rings is 1. The van der Waals surface area contributed by atoms with Crippen molar-refractivity contribution in [2.75, 3.05) is 44.6 Å². The number of nitrogens with zero attached hydrogens (tertiary/aromatic N) is 2. The van der Waals surface area contributed by atoms with Crippen molar-refractivity contribution in [2.24, 2.45) is 0 Å². The molecule has 0 aliphatic carbocycles. The van der Waals surface area contributed by atoms with Crippen molar-refractivity contribution in [3.8, 4) is 5.75 Å². The minimum Gasteiger partial charge on any atom is -0.492 e. The number of nitrogens with one attached hydrogen (secondary N) is 1. The number of halogens is 2. The molecule has 1 heterocycles. The second-order valence-electron chi connectivity index (χ2n) is 6.83. The Bertz CT molecular complexity index is 780. The van der Waals surface area contributed by atoms with Crippen LogP contribution in [0.4, 0.5) is 14.5 Å². The topological polar surface area (TPSA) is 44.8 Å². The SMILES string of the molecule is CC(C(=O)Nc1ccc(F)cc1F)N1CCN(CCOc2ccccc2)CC1. The summed E-state index contributed by atoms with van der Waals surface area (Å²) in [5.74, 6) is -0.884. The zero-order valence-corrected chi connectivity index (χ0v) is 15.9. The number of hydrogen-bond donors (Lipinski definition) is 1. The molecule has 2 aromatic carbocycles. The normalized spacial score (nSPS) is 16.5. The molecule has 1 atom stereocenters. The molecule has 0 bridgehead atoms. The molecule has 1 aliphatic heterocycles. The zero-order chi connectivity index (χ0) is 19.9. The quantitative estimate of drug-likeness (QED) is 0.791. The van der Waals surface area contributed by atoms with Crippen LogP contribution in [0.2, 0.25) is 0 Å². The molecule has 3 rings (SSSR count). The molecule has 28 heavy (non-hydrogen) atoms. The van der Waals surface area contributed by atoms with Crippen molar-refractivity contribution >= 4 is 11.6 Å². The van der Waals surface area contributed by atoms with Crippen LogP contribution in [-0.4, -0.2) is 61.1 Å². The van der Waals surface area contributed by atoms with Gasteiger partial charge >= 0.3 is 0 Å². The number of rotatable bonds is 7. The van der Waals surface area contributed by atoms with Gasteiger partial charge in [-0.2, -0.15) is 0 Å². The Balaban J connectivity index is 1.41. The molecule has 5 nitrogen and oxygen atoms in total. The van der Waals surface area contributed by atoms with Gasteiger partial charge in [-0.25, -0.2) is 8.78 Å². The summed E-state index contributed by atoms with van der Waals surface area (Å²) in [6.45, 7) is 6.39. The highest BCUT2D eigenvalue weighted by molar-refractivity contribution is 5.94. The van der Waals surface area contributed by atoms with E-state index in [0.29, 0.717) is 6.61 Å². The van der Waals surface area contributed by atoms with Crippen LogP contribution in [0.15, 0.2) is 48.5 Å². The number of ether oxygens (including phenoxy) is 1. The Kier molecular flexibility index (Phi) is 6.95. The van der Waals surface area contributed by atoms with E-state index >= 15 is 0 Å². The highest BCUT2D eigenvalue weighted by Crippen LogP contribution is 2.16. The first kappa shape index (κ1) is 20.2. The highest BCUT2D eigenvalue weighted by atomic mass is 19.1. The third-order valence-electron chi connectivity index (χ3n) is 4.94. The van der Waals surface area contributed by atoms with Crippen LogP contribution in [0, 0.1) is 11.6 Å². The fraction of sp³-hybridized carbons (Fsp3) is 0.381. The molecule has 150 valence electrons. The number of benzene rings is 2. The molecule has 0 saturated carbocycles. The van der Waals surface area contributed by atoms with Crippen LogP contribution in [0.3, 0.4) is 0 Å². The van der Waals surface area contributed by atoms with Crippen LogP contribution in [0.25, 0.3) is 0 Å². The summed E-state index contributed by atoms with van der Waals surface area (Å²) in [5, 5.41) is 2.54. The van der Waals surface area contributed by atoms with Crippen LogP contribution < -0.4 is 10.1 Å². The van der Waals surface area contributed by atoms with Gasteiger partial charge in [0.2, 0.25) is 5.91 Å². The first-order valence-corrected chi connectivity index (χ1v) is 9.43. The molecule has 1 amide bonds. The van der Waals surface area contributed by atoms with E-state index in [0.717, 1.165) is 50.6 Å². The van der Waals surface area contributed by atoms with Gasteiger partial charge < -0.3 is 10.1 Å². The first-order valence-electron chi connectivity index (χ1n) is 9.43. The Morgan fingerprint density at radius 2 is 1.82 bits per heavy atom. The molecule has 0 radical (unpaired) electrons. The lowest BCUT2D eigenvalue weighted by atomic mass is 10.2. The summed E-state index contributed by atoms with van der Waals surface area (Å²) in [4.78, 5) is 16.8. The van der Waals surface area contributed by atoms with E-state index in [1.54, 1.807) is 6.92 Å². The number of carbonyl (C=O) groups excluding carboxylic acids is 1. The number of hydrogen-bond acceptors (Lipinski definition) is 4. The Morgan fingerprint density at radius 3 is 2.50 bits per heavy atom. The number of amides is 1. The Hall–Kier alpha value is -2.51. The Labute approximate surface area is 163 Å². The molecule has 0 aromatic heterocycles. The van der Waals surface area contributed by atoms with Crippen molar-refractivity contribution in [1.82, 2.24) is 9.80 Å². The molecule has 1 fully saturated rings. The maximum absolute atomic E-state index is 13.7. The minimum atomic E-state index is -0.774. The summed E-state index contributed by atoms with van der Waals surface area (Å²) >= 11 is 0. The van der Waals surface area contributed by atoms with Crippen LogP contribution in [0.5, 0.6) is 5.75 Å². The average molecular weight is 389 g/mol. The third-order valence-corrected chi connectivity index (χ3v) is 4.94. The van der Waals surface area contributed by atoms with Gasteiger partial charge in [-0.1, -0.05) is 18.2 Å². The largest absolute Gasteiger partial charge is 0.492 e. The molecule has 1 unspecified atom stereocenters. The fourth-order valence-electron chi connectivity index (χ4n) is 3.18. The van der Waals surface area contributed by atoms with Crippen LogP contribution in [0.1, 0.15) is 6.92 Å². The van der Waals surface area contributed by atoms with Crippen molar-refractivity contribution in [3.05, 3.63) is 60.2 Å². The Morgan fingerprint density at radius 1 is 1.11 bits per heavy atom. The number of carbonyl (C=O) groups is 1. The predicted octanol–water partition coefficient (Wildman–Crippen LogP) is 2.99. The molecule has 7 heteroatoms. The maximum Gasteiger partial charge on any atom is 0.241 e. The van der Waals surface area contributed by atoms with Gasteiger partial charge in [0.1, 0.15) is 24.0 Å². The molecule has 0 spiro atoms. The summed E-state index contributed by atoms with van der Waals surface area (Å²) < 4.78 is 32.4. The van der Waals surface area contributed by atoms with Gasteiger partial charge in [-0.15, -0.1) is 0 Å². The number of anilines is 1. The number of para-hydroxylation sites is 1. The highest BCUT2D eigenvalue weighted by Gasteiger charge is 2.26. The molecular formula is C21H25F2N3O2. The van der Waals surface area contributed by atoms with Crippen LogP contribution >= 0.6 is 0 Å². The summed E-state index contributed by atoms with van der Waals surface area (Å²) in [5.41, 5.74) is -0.00468. The van der Waals surface area contributed by atoms with E-state index in [1.807, 2.05) is 30.3 Å². The van der Waals surface area contributed by atoms with Gasteiger partial charge in [0.05, 0.1) is 11.7 Å².